The van der Waals surface area contributed by atoms with E-state index >= 15 is 0 Å². The number of aromatic nitrogens is 3. The van der Waals surface area contributed by atoms with Crippen LogP contribution in [0.2, 0.25) is 0 Å². The number of hydrogen-bond acceptors (Lipinski definition) is 6. The Hall–Kier alpha value is -0.790. The summed E-state index contributed by atoms with van der Waals surface area (Å²) in [7, 11) is 0. The van der Waals surface area contributed by atoms with Gasteiger partial charge in [-0.2, -0.15) is 0 Å². The summed E-state index contributed by atoms with van der Waals surface area (Å²) in [4.78, 5) is 2.31. The highest BCUT2D eigenvalue weighted by Crippen LogP contribution is 2.26. The van der Waals surface area contributed by atoms with Crippen LogP contribution in [0.3, 0.4) is 0 Å². The second-order valence-corrected chi connectivity index (χ2v) is 6.36. The molecule has 1 atom stereocenters. The summed E-state index contributed by atoms with van der Waals surface area (Å²) >= 11 is 1.57. The molecule has 0 saturated carbocycles. The van der Waals surface area contributed by atoms with Crippen LogP contribution in [0.4, 0.5) is 5.95 Å². The minimum absolute atomic E-state index is 0.163. The molecule has 6 nitrogen and oxygen atoms in total. The first-order chi connectivity index (χ1) is 9.88. The van der Waals surface area contributed by atoms with Crippen LogP contribution in [0.5, 0.6) is 0 Å². The zero-order valence-electron chi connectivity index (χ0n) is 11.7. The number of anilines is 1. The fraction of sp³-hybridized carbons (Fsp3) is 0.846. The molecule has 0 aromatic carbocycles. The molecule has 1 aromatic rings. The van der Waals surface area contributed by atoms with Crippen LogP contribution in [-0.2, 0) is 11.3 Å². The van der Waals surface area contributed by atoms with Gasteiger partial charge in [-0.05, 0) is 25.7 Å². The van der Waals surface area contributed by atoms with Crippen molar-refractivity contribution in [1.82, 2.24) is 14.8 Å². The molecule has 0 unspecified atom stereocenters. The average Bonchev–Trinajstić information content (AvgIpc) is 3.19. The maximum atomic E-state index is 9.01. The number of aliphatic hydroxyl groups excluding tert-OH is 1. The number of ether oxygens (including phenoxy) is 1. The SMILES string of the molecule is OCCSc1nnc(N2CCCC2)n1C[C@@H]1CCCO1. The lowest BCUT2D eigenvalue weighted by molar-refractivity contribution is 0.0952. The van der Waals surface area contributed by atoms with Gasteiger partial charge in [0.2, 0.25) is 5.95 Å². The number of nitrogens with zero attached hydrogens (tertiary/aromatic N) is 4. The fourth-order valence-electron chi connectivity index (χ4n) is 2.83. The molecule has 0 aliphatic carbocycles. The molecule has 3 heterocycles. The highest BCUT2D eigenvalue weighted by molar-refractivity contribution is 7.99. The van der Waals surface area contributed by atoms with Crippen molar-refractivity contribution in [3.8, 4) is 0 Å². The van der Waals surface area contributed by atoms with Crippen molar-refractivity contribution in [2.24, 2.45) is 0 Å². The molecule has 0 amide bonds. The van der Waals surface area contributed by atoms with E-state index in [9.17, 15) is 0 Å². The smallest absolute Gasteiger partial charge is 0.228 e. The molecule has 2 fully saturated rings. The number of aliphatic hydroxyl groups is 1. The first-order valence-corrected chi connectivity index (χ1v) is 8.40. The molecule has 0 bridgehead atoms. The summed E-state index contributed by atoms with van der Waals surface area (Å²) in [5.74, 6) is 1.63. The van der Waals surface area contributed by atoms with Crippen molar-refractivity contribution in [2.75, 3.05) is 37.0 Å². The van der Waals surface area contributed by atoms with Gasteiger partial charge in [-0.15, -0.1) is 10.2 Å². The molecule has 112 valence electrons. The standard InChI is InChI=1S/C13H22N4O2S/c18-7-9-20-13-15-14-12(16-5-1-2-6-16)17(13)10-11-4-3-8-19-11/h11,18H,1-10H2/t11-/m0/s1. The highest BCUT2D eigenvalue weighted by Gasteiger charge is 2.24. The number of rotatable bonds is 6. The molecule has 2 aliphatic heterocycles. The zero-order chi connectivity index (χ0) is 13.8. The Bertz CT molecular complexity index is 428. The molecule has 0 radical (unpaired) electrons. The third-order valence-electron chi connectivity index (χ3n) is 3.82. The Morgan fingerprint density at radius 1 is 1.25 bits per heavy atom. The molecule has 1 aromatic heterocycles. The summed E-state index contributed by atoms with van der Waals surface area (Å²) in [5.41, 5.74) is 0. The van der Waals surface area contributed by atoms with Crippen molar-refractivity contribution < 1.29 is 9.84 Å². The predicted molar refractivity (Wildman–Crippen MR) is 78.3 cm³/mol. The first kappa shape index (κ1) is 14.2. The quantitative estimate of drug-likeness (QED) is 0.795. The van der Waals surface area contributed by atoms with Crippen LogP contribution in [0.1, 0.15) is 25.7 Å². The average molecular weight is 298 g/mol. The maximum absolute atomic E-state index is 9.01. The Kier molecular flexibility index (Phi) is 4.80. The van der Waals surface area contributed by atoms with Crippen molar-refractivity contribution in [2.45, 2.75) is 43.5 Å². The highest BCUT2D eigenvalue weighted by atomic mass is 32.2. The molecule has 2 saturated heterocycles. The summed E-state index contributed by atoms with van der Waals surface area (Å²) in [5, 5.41) is 18.6. The molecular formula is C13H22N4O2S. The minimum atomic E-state index is 0.163. The molecule has 0 spiro atoms. The van der Waals surface area contributed by atoms with E-state index in [1.807, 2.05) is 0 Å². The molecule has 7 heteroatoms. The first-order valence-electron chi connectivity index (χ1n) is 7.42. The maximum Gasteiger partial charge on any atom is 0.228 e. The van der Waals surface area contributed by atoms with E-state index in [1.54, 1.807) is 11.8 Å². The van der Waals surface area contributed by atoms with Gasteiger partial charge in [0.25, 0.3) is 0 Å². The summed E-state index contributed by atoms with van der Waals surface area (Å²) in [6.45, 7) is 3.98. The van der Waals surface area contributed by atoms with Crippen LogP contribution < -0.4 is 4.90 Å². The lowest BCUT2D eigenvalue weighted by atomic mass is 10.2. The predicted octanol–water partition coefficient (Wildman–Crippen LogP) is 1.14. The molecule has 1 N–H and O–H groups in total. The van der Waals surface area contributed by atoms with E-state index in [0.29, 0.717) is 5.75 Å². The number of hydrogen-bond donors (Lipinski definition) is 1. The second-order valence-electron chi connectivity index (χ2n) is 5.29. The van der Waals surface area contributed by atoms with E-state index < -0.39 is 0 Å². The lowest BCUT2D eigenvalue weighted by Crippen LogP contribution is -2.25. The van der Waals surface area contributed by atoms with E-state index in [1.165, 1.54) is 12.8 Å². The monoisotopic (exact) mass is 298 g/mol. The van der Waals surface area contributed by atoms with E-state index in [4.69, 9.17) is 9.84 Å². The van der Waals surface area contributed by atoms with Gasteiger partial charge in [0, 0.05) is 25.4 Å². The second kappa shape index (κ2) is 6.78. The van der Waals surface area contributed by atoms with Crippen LogP contribution in [0.25, 0.3) is 0 Å². The zero-order valence-corrected chi connectivity index (χ0v) is 12.5. The van der Waals surface area contributed by atoms with Crippen molar-refractivity contribution in [1.29, 1.82) is 0 Å². The Labute approximate surface area is 123 Å². The summed E-state index contributed by atoms with van der Waals surface area (Å²) < 4.78 is 7.93. The molecule has 2 aliphatic rings. The lowest BCUT2D eigenvalue weighted by Gasteiger charge is -2.20. The van der Waals surface area contributed by atoms with E-state index in [2.05, 4.69) is 19.7 Å². The van der Waals surface area contributed by atoms with Gasteiger partial charge < -0.3 is 14.7 Å². The number of thioether (sulfide) groups is 1. The van der Waals surface area contributed by atoms with Gasteiger partial charge in [0.05, 0.1) is 19.3 Å². The Balaban J connectivity index is 1.78. The largest absolute Gasteiger partial charge is 0.396 e. The van der Waals surface area contributed by atoms with Crippen LogP contribution in [0.15, 0.2) is 5.16 Å². The Morgan fingerprint density at radius 3 is 2.80 bits per heavy atom. The third-order valence-corrected chi connectivity index (χ3v) is 4.77. The van der Waals surface area contributed by atoms with Gasteiger partial charge in [-0.3, -0.25) is 4.57 Å². The van der Waals surface area contributed by atoms with E-state index in [-0.39, 0.29) is 12.7 Å². The minimum Gasteiger partial charge on any atom is -0.396 e. The van der Waals surface area contributed by atoms with Crippen LogP contribution >= 0.6 is 11.8 Å². The van der Waals surface area contributed by atoms with Crippen molar-refractivity contribution >= 4 is 17.7 Å². The van der Waals surface area contributed by atoms with Crippen molar-refractivity contribution in [3.63, 3.8) is 0 Å². The Morgan fingerprint density at radius 2 is 2.10 bits per heavy atom. The molecular weight excluding hydrogens is 276 g/mol. The summed E-state index contributed by atoms with van der Waals surface area (Å²) in [6.07, 6.45) is 4.99. The molecule has 3 rings (SSSR count). The van der Waals surface area contributed by atoms with Gasteiger partial charge in [0.1, 0.15) is 0 Å². The fourth-order valence-corrected chi connectivity index (χ4v) is 3.51. The summed E-state index contributed by atoms with van der Waals surface area (Å²) in [6, 6.07) is 0. The van der Waals surface area contributed by atoms with Crippen molar-refractivity contribution in [3.05, 3.63) is 0 Å². The van der Waals surface area contributed by atoms with Gasteiger partial charge in [0.15, 0.2) is 5.16 Å². The molecule has 20 heavy (non-hydrogen) atoms. The third kappa shape index (κ3) is 3.10. The van der Waals surface area contributed by atoms with Gasteiger partial charge >= 0.3 is 0 Å². The topological polar surface area (TPSA) is 63.4 Å². The van der Waals surface area contributed by atoms with E-state index in [0.717, 1.165) is 50.2 Å². The normalized spacial score (nSPS) is 22.9. The van der Waals surface area contributed by atoms with Crippen LogP contribution in [0, 0.1) is 0 Å². The van der Waals surface area contributed by atoms with Crippen LogP contribution in [-0.4, -0.2) is 58.0 Å². The van der Waals surface area contributed by atoms with Gasteiger partial charge in [-0.1, -0.05) is 11.8 Å². The van der Waals surface area contributed by atoms with Gasteiger partial charge in [-0.25, -0.2) is 0 Å².